The number of amides is 1. The Kier molecular flexibility index (Phi) is 4.30. The Morgan fingerprint density at radius 3 is 2.89 bits per heavy atom. The molecule has 0 aromatic carbocycles. The Labute approximate surface area is 109 Å². The minimum absolute atomic E-state index is 0.00558. The van der Waals surface area contributed by atoms with Gasteiger partial charge in [-0.15, -0.1) is 0 Å². The van der Waals surface area contributed by atoms with Gasteiger partial charge in [0.25, 0.3) is 0 Å². The maximum atomic E-state index is 11.8. The summed E-state index contributed by atoms with van der Waals surface area (Å²) in [5.74, 6) is 2.03. The molecule has 1 fully saturated rings. The highest BCUT2D eigenvalue weighted by molar-refractivity contribution is 7.99. The lowest BCUT2D eigenvalue weighted by Gasteiger charge is -2.20. The third kappa shape index (κ3) is 3.29. The van der Waals surface area contributed by atoms with Crippen LogP contribution >= 0.6 is 11.8 Å². The van der Waals surface area contributed by atoms with Gasteiger partial charge in [0.05, 0.1) is 6.54 Å². The fourth-order valence-corrected chi connectivity index (χ4v) is 2.92. The number of aromatic hydroxyl groups is 1. The van der Waals surface area contributed by atoms with Crippen molar-refractivity contribution in [3.8, 4) is 5.75 Å². The number of carbonyl (C=O) groups excluding carboxylic acids is 1. The zero-order chi connectivity index (χ0) is 13.0. The van der Waals surface area contributed by atoms with E-state index in [1.54, 1.807) is 0 Å². The van der Waals surface area contributed by atoms with Crippen LogP contribution in [0.1, 0.15) is 18.6 Å². The van der Waals surface area contributed by atoms with Gasteiger partial charge < -0.3 is 14.8 Å². The van der Waals surface area contributed by atoms with Crippen molar-refractivity contribution >= 4 is 17.7 Å². The summed E-state index contributed by atoms with van der Waals surface area (Å²) in [4.78, 5) is 23.0. The van der Waals surface area contributed by atoms with Crippen molar-refractivity contribution in [3.05, 3.63) is 28.3 Å². The van der Waals surface area contributed by atoms with Gasteiger partial charge in [-0.05, 0) is 24.3 Å². The molecule has 98 valence electrons. The van der Waals surface area contributed by atoms with Crippen LogP contribution in [0.3, 0.4) is 0 Å². The summed E-state index contributed by atoms with van der Waals surface area (Å²) in [5, 5.41) is 11.8. The number of hydrogen-bond acceptors (Lipinski definition) is 5. The molecule has 1 aliphatic heterocycles. The maximum Gasteiger partial charge on any atom is 0.226 e. The highest BCUT2D eigenvalue weighted by Gasteiger charge is 2.21. The molecule has 0 atom stereocenters. The Hall–Kier alpha value is -1.43. The molecule has 0 saturated carbocycles. The van der Waals surface area contributed by atoms with Crippen molar-refractivity contribution < 1.29 is 14.3 Å². The maximum absolute atomic E-state index is 11.8. The topological polar surface area (TPSA) is 79.5 Å². The zero-order valence-electron chi connectivity index (χ0n) is 9.85. The van der Waals surface area contributed by atoms with Crippen molar-refractivity contribution in [3.63, 3.8) is 0 Å². The third-order valence-corrected chi connectivity index (χ3v) is 3.94. The van der Waals surface area contributed by atoms with E-state index in [0.29, 0.717) is 5.76 Å². The van der Waals surface area contributed by atoms with E-state index in [1.165, 1.54) is 6.07 Å². The van der Waals surface area contributed by atoms with Crippen molar-refractivity contribution in [2.45, 2.75) is 19.4 Å². The molecule has 0 bridgehead atoms. The van der Waals surface area contributed by atoms with Crippen LogP contribution in [0.4, 0.5) is 0 Å². The standard InChI is InChI=1S/C12H15NO4S/c14-10-5-9(17-7-11(10)15)6-13-12(16)8-1-3-18-4-2-8/h5,7-8,15H,1-4,6H2,(H,13,16). The molecular formula is C12H15NO4S. The van der Waals surface area contributed by atoms with E-state index in [4.69, 9.17) is 9.52 Å². The number of hydrogen-bond donors (Lipinski definition) is 2. The molecule has 0 radical (unpaired) electrons. The summed E-state index contributed by atoms with van der Waals surface area (Å²) in [6.07, 6.45) is 2.78. The summed E-state index contributed by atoms with van der Waals surface area (Å²) < 4.78 is 5.01. The molecule has 2 heterocycles. The highest BCUT2D eigenvalue weighted by Crippen LogP contribution is 2.22. The van der Waals surface area contributed by atoms with Gasteiger partial charge in [-0.2, -0.15) is 11.8 Å². The fraction of sp³-hybridized carbons (Fsp3) is 0.500. The molecule has 5 nitrogen and oxygen atoms in total. The van der Waals surface area contributed by atoms with Crippen LogP contribution in [0.2, 0.25) is 0 Å². The van der Waals surface area contributed by atoms with Crippen molar-refractivity contribution in [1.82, 2.24) is 5.32 Å². The second-order valence-electron chi connectivity index (χ2n) is 4.20. The molecular weight excluding hydrogens is 254 g/mol. The SMILES string of the molecule is O=C(NCc1cc(=O)c(O)co1)C1CCSCC1. The predicted molar refractivity (Wildman–Crippen MR) is 68.5 cm³/mol. The van der Waals surface area contributed by atoms with E-state index in [2.05, 4.69) is 5.32 Å². The molecule has 0 spiro atoms. The van der Waals surface area contributed by atoms with Gasteiger partial charge in [0.15, 0.2) is 5.75 Å². The molecule has 2 N–H and O–H groups in total. The van der Waals surface area contributed by atoms with Crippen molar-refractivity contribution in [2.75, 3.05) is 11.5 Å². The molecule has 0 unspecified atom stereocenters. The van der Waals surface area contributed by atoms with Crippen LogP contribution in [0, 0.1) is 5.92 Å². The average Bonchev–Trinajstić information content (AvgIpc) is 2.41. The second-order valence-corrected chi connectivity index (χ2v) is 5.43. The summed E-state index contributed by atoms with van der Waals surface area (Å²) in [5.41, 5.74) is -0.500. The van der Waals surface area contributed by atoms with Crippen LogP contribution in [0.5, 0.6) is 5.75 Å². The minimum atomic E-state index is -0.500. The average molecular weight is 269 g/mol. The molecule has 1 amide bonds. The number of carbonyl (C=O) groups is 1. The van der Waals surface area contributed by atoms with Gasteiger partial charge in [0.1, 0.15) is 12.0 Å². The summed E-state index contributed by atoms with van der Waals surface area (Å²) in [6.45, 7) is 0.179. The molecule has 1 aromatic rings. The van der Waals surface area contributed by atoms with Gasteiger partial charge in [-0.1, -0.05) is 0 Å². The number of rotatable bonds is 3. The van der Waals surface area contributed by atoms with E-state index in [1.807, 2.05) is 11.8 Å². The summed E-state index contributed by atoms with van der Waals surface area (Å²) in [7, 11) is 0. The van der Waals surface area contributed by atoms with E-state index in [0.717, 1.165) is 30.6 Å². The first kappa shape index (κ1) is 13.0. The molecule has 0 aliphatic carbocycles. The Morgan fingerprint density at radius 2 is 2.22 bits per heavy atom. The minimum Gasteiger partial charge on any atom is -0.502 e. The second kappa shape index (κ2) is 5.95. The quantitative estimate of drug-likeness (QED) is 0.859. The first-order chi connectivity index (χ1) is 8.66. The predicted octanol–water partition coefficient (Wildman–Crippen LogP) is 1.10. The molecule has 1 aromatic heterocycles. The largest absolute Gasteiger partial charge is 0.502 e. The van der Waals surface area contributed by atoms with Crippen LogP contribution in [0.25, 0.3) is 0 Å². The molecule has 6 heteroatoms. The fourth-order valence-electron chi connectivity index (χ4n) is 1.81. The van der Waals surface area contributed by atoms with Crippen LogP contribution in [0.15, 0.2) is 21.5 Å². The summed E-state index contributed by atoms with van der Waals surface area (Å²) >= 11 is 1.87. The number of thioether (sulfide) groups is 1. The van der Waals surface area contributed by atoms with E-state index in [-0.39, 0.29) is 18.4 Å². The lowest BCUT2D eigenvalue weighted by atomic mass is 10.0. The third-order valence-electron chi connectivity index (χ3n) is 2.90. The van der Waals surface area contributed by atoms with E-state index in [9.17, 15) is 9.59 Å². The first-order valence-corrected chi connectivity index (χ1v) is 6.98. The number of nitrogens with one attached hydrogen (secondary N) is 1. The van der Waals surface area contributed by atoms with Gasteiger partial charge in [-0.3, -0.25) is 9.59 Å². The monoisotopic (exact) mass is 269 g/mol. The van der Waals surface area contributed by atoms with E-state index >= 15 is 0 Å². The van der Waals surface area contributed by atoms with Gasteiger partial charge in [0.2, 0.25) is 11.3 Å². The Balaban J connectivity index is 1.88. The summed E-state index contributed by atoms with van der Waals surface area (Å²) in [6, 6.07) is 1.19. The van der Waals surface area contributed by atoms with Gasteiger partial charge in [0, 0.05) is 12.0 Å². The van der Waals surface area contributed by atoms with Crippen LogP contribution in [-0.4, -0.2) is 22.5 Å². The Morgan fingerprint density at radius 1 is 1.50 bits per heavy atom. The lowest BCUT2D eigenvalue weighted by Crippen LogP contribution is -2.32. The van der Waals surface area contributed by atoms with Crippen LogP contribution < -0.4 is 10.7 Å². The molecule has 18 heavy (non-hydrogen) atoms. The molecule has 1 saturated heterocycles. The molecule has 2 rings (SSSR count). The van der Waals surface area contributed by atoms with Gasteiger partial charge in [-0.25, -0.2) is 0 Å². The highest BCUT2D eigenvalue weighted by atomic mass is 32.2. The molecule has 1 aliphatic rings. The van der Waals surface area contributed by atoms with Crippen LogP contribution in [-0.2, 0) is 11.3 Å². The van der Waals surface area contributed by atoms with Crippen molar-refractivity contribution in [1.29, 1.82) is 0 Å². The lowest BCUT2D eigenvalue weighted by molar-refractivity contribution is -0.125. The first-order valence-electron chi connectivity index (χ1n) is 5.83. The smallest absolute Gasteiger partial charge is 0.226 e. The van der Waals surface area contributed by atoms with Gasteiger partial charge >= 0.3 is 0 Å². The Bertz CT molecular complexity index is 479. The normalized spacial score (nSPS) is 16.4. The van der Waals surface area contributed by atoms with Crippen molar-refractivity contribution in [2.24, 2.45) is 5.92 Å². The van der Waals surface area contributed by atoms with E-state index < -0.39 is 11.2 Å². The zero-order valence-corrected chi connectivity index (χ0v) is 10.7.